The first-order valence-corrected chi connectivity index (χ1v) is 11.7. The summed E-state index contributed by atoms with van der Waals surface area (Å²) in [7, 11) is 4.79. The van der Waals surface area contributed by atoms with E-state index in [-0.39, 0.29) is 11.7 Å². The molecule has 33 heavy (non-hydrogen) atoms. The van der Waals surface area contributed by atoms with Crippen molar-refractivity contribution in [2.75, 3.05) is 32.0 Å². The maximum absolute atomic E-state index is 13.7. The molecule has 5 rings (SSSR count). The molecule has 2 atom stereocenters. The molecule has 1 aliphatic carbocycles. The number of carbonyl (C=O) groups is 1. The van der Waals surface area contributed by atoms with Gasteiger partial charge in [-0.3, -0.25) is 4.79 Å². The third kappa shape index (κ3) is 3.72. The number of nitrogens with one attached hydrogen (secondary N) is 2. The highest BCUT2D eigenvalue weighted by molar-refractivity contribution is 7.10. The summed E-state index contributed by atoms with van der Waals surface area (Å²) in [6.45, 7) is 0. The number of allylic oxidation sites excluding steroid dienone is 1. The van der Waals surface area contributed by atoms with Gasteiger partial charge >= 0.3 is 0 Å². The number of benzene rings is 2. The minimum absolute atomic E-state index is 0.129. The molecule has 0 radical (unpaired) electrons. The molecule has 0 saturated heterocycles. The Labute approximate surface area is 197 Å². The molecule has 2 aliphatic rings. The largest absolute Gasteiger partial charge is 0.493 e. The predicted octanol–water partition coefficient (Wildman–Crippen LogP) is 5.75. The molecule has 7 heteroatoms. The Kier molecular flexibility index (Phi) is 5.72. The van der Waals surface area contributed by atoms with E-state index in [9.17, 15) is 4.79 Å². The van der Waals surface area contributed by atoms with Crippen LogP contribution in [0.3, 0.4) is 0 Å². The van der Waals surface area contributed by atoms with Crippen molar-refractivity contribution in [2.45, 2.75) is 24.8 Å². The molecule has 2 heterocycles. The van der Waals surface area contributed by atoms with Crippen molar-refractivity contribution in [1.29, 1.82) is 0 Å². The number of hydrogen-bond donors (Lipinski definition) is 2. The molecule has 3 aromatic rings. The van der Waals surface area contributed by atoms with E-state index in [2.05, 4.69) is 22.1 Å². The first kappa shape index (κ1) is 21.4. The number of fused-ring (bicyclic) bond motifs is 1. The molecule has 0 saturated carbocycles. The summed E-state index contributed by atoms with van der Waals surface area (Å²) in [6.07, 6.45) is 1.24. The Morgan fingerprint density at radius 3 is 2.36 bits per heavy atom. The van der Waals surface area contributed by atoms with Crippen molar-refractivity contribution in [1.82, 2.24) is 0 Å². The normalized spacial score (nSPS) is 19.5. The number of carbonyl (C=O) groups excluding carboxylic acids is 1. The highest BCUT2D eigenvalue weighted by Crippen LogP contribution is 2.49. The molecule has 6 nitrogen and oxygen atoms in total. The Morgan fingerprint density at radius 1 is 0.879 bits per heavy atom. The van der Waals surface area contributed by atoms with Gasteiger partial charge in [0.05, 0.1) is 38.7 Å². The average molecular weight is 463 g/mol. The first-order valence-electron chi connectivity index (χ1n) is 10.9. The van der Waals surface area contributed by atoms with E-state index in [0.29, 0.717) is 23.7 Å². The number of methoxy groups -OCH3 is 3. The van der Waals surface area contributed by atoms with E-state index in [1.165, 1.54) is 4.88 Å². The molecule has 2 N–H and O–H groups in total. The van der Waals surface area contributed by atoms with Crippen molar-refractivity contribution in [3.63, 3.8) is 0 Å². The summed E-state index contributed by atoms with van der Waals surface area (Å²) in [6, 6.07) is 15.6. The molecule has 0 bridgehead atoms. The van der Waals surface area contributed by atoms with E-state index in [0.717, 1.165) is 34.6 Å². The van der Waals surface area contributed by atoms with Crippen LogP contribution in [0.1, 0.15) is 35.2 Å². The number of para-hydroxylation sites is 2. The number of Topliss-reactive ketones (excluding diaryl/α,β-unsaturated/α-hetero) is 1. The smallest absolute Gasteiger partial charge is 0.203 e. The van der Waals surface area contributed by atoms with Crippen LogP contribution < -0.4 is 24.8 Å². The van der Waals surface area contributed by atoms with Gasteiger partial charge in [-0.25, -0.2) is 0 Å². The van der Waals surface area contributed by atoms with Crippen LogP contribution in [-0.2, 0) is 4.79 Å². The molecular formula is C26H26N2O4S. The number of ketones is 1. The number of ether oxygens (including phenoxy) is 3. The van der Waals surface area contributed by atoms with Crippen LogP contribution in [0.15, 0.2) is 65.2 Å². The summed E-state index contributed by atoms with van der Waals surface area (Å²) in [5.41, 5.74) is 4.39. The summed E-state index contributed by atoms with van der Waals surface area (Å²) in [5.74, 6) is 1.93. The molecule has 0 amide bonds. The molecule has 2 aromatic carbocycles. The van der Waals surface area contributed by atoms with Gasteiger partial charge in [-0.15, -0.1) is 11.3 Å². The lowest BCUT2D eigenvalue weighted by Crippen LogP contribution is -2.27. The van der Waals surface area contributed by atoms with Crippen LogP contribution >= 0.6 is 11.3 Å². The molecule has 170 valence electrons. The lowest BCUT2D eigenvalue weighted by Gasteiger charge is -2.30. The molecule has 0 fully saturated rings. The van der Waals surface area contributed by atoms with Gasteiger partial charge in [-0.2, -0.15) is 0 Å². The quantitative estimate of drug-likeness (QED) is 0.503. The van der Waals surface area contributed by atoms with Gasteiger partial charge in [-0.05, 0) is 42.1 Å². The second-order valence-corrected chi connectivity index (χ2v) is 9.09. The fourth-order valence-electron chi connectivity index (χ4n) is 4.80. The summed E-state index contributed by atoms with van der Waals surface area (Å²) in [4.78, 5) is 14.9. The average Bonchev–Trinajstić information content (AvgIpc) is 3.32. The highest BCUT2D eigenvalue weighted by atomic mass is 32.1. The maximum atomic E-state index is 13.7. The van der Waals surface area contributed by atoms with Gasteiger partial charge in [-0.1, -0.05) is 18.2 Å². The lowest BCUT2D eigenvalue weighted by molar-refractivity contribution is -0.116. The third-order valence-corrected chi connectivity index (χ3v) is 7.33. The fraction of sp³-hybridized carbons (Fsp3) is 0.269. The maximum Gasteiger partial charge on any atom is 0.203 e. The van der Waals surface area contributed by atoms with Crippen LogP contribution in [0.25, 0.3) is 0 Å². The summed E-state index contributed by atoms with van der Waals surface area (Å²) in [5, 5.41) is 9.25. The molecular weight excluding hydrogens is 436 g/mol. The third-order valence-electron chi connectivity index (χ3n) is 6.30. The van der Waals surface area contributed by atoms with Crippen molar-refractivity contribution in [3.05, 3.63) is 75.6 Å². The predicted molar refractivity (Wildman–Crippen MR) is 131 cm³/mol. The van der Waals surface area contributed by atoms with E-state index >= 15 is 0 Å². The Balaban J connectivity index is 1.68. The van der Waals surface area contributed by atoms with Gasteiger partial charge in [0.2, 0.25) is 5.75 Å². The topological polar surface area (TPSA) is 68.8 Å². The Bertz CT molecular complexity index is 1220. The van der Waals surface area contributed by atoms with Crippen LogP contribution in [0.4, 0.5) is 11.4 Å². The van der Waals surface area contributed by atoms with Gasteiger partial charge in [0.25, 0.3) is 0 Å². The van der Waals surface area contributed by atoms with Crippen LogP contribution in [-0.4, -0.2) is 27.1 Å². The molecule has 1 aliphatic heterocycles. The number of rotatable bonds is 5. The summed E-state index contributed by atoms with van der Waals surface area (Å²) >= 11 is 1.71. The number of hydrogen-bond acceptors (Lipinski definition) is 7. The second kappa shape index (κ2) is 8.83. The van der Waals surface area contributed by atoms with Gasteiger partial charge < -0.3 is 24.8 Å². The van der Waals surface area contributed by atoms with Gasteiger partial charge in [0.15, 0.2) is 17.3 Å². The first-order chi connectivity index (χ1) is 16.1. The van der Waals surface area contributed by atoms with Gasteiger partial charge in [0.1, 0.15) is 0 Å². The number of anilines is 2. The van der Waals surface area contributed by atoms with Crippen LogP contribution in [0.2, 0.25) is 0 Å². The zero-order valence-corrected chi connectivity index (χ0v) is 19.6. The minimum atomic E-state index is -0.400. The molecule has 1 aromatic heterocycles. The fourth-order valence-corrected chi connectivity index (χ4v) is 5.63. The minimum Gasteiger partial charge on any atom is -0.493 e. The highest BCUT2D eigenvalue weighted by Gasteiger charge is 2.38. The Hall–Kier alpha value is -3.45. The summed E-state index contributed by atoms with van der Waals surface area (Å²) < 4.78 is 16.9. The van der Waals surface area contributed by atoms with E-state index in [4.69, 9.17) is 14.2 Å². The molecule has 0 unspecified atom stereocenters. The van der Waals surface area contributed by atoms with E-state index < -0.39 is 6.04 Å². The van der Waals surface area contributed by atoms with E-state index in [1.807, 2.05) is 42.5 Å². The lowest BCUT2D eigenvalue weighted by atomic mass is 9.80. The van der Waals surface area contributed by atoms with Crippen molar-refractivity contribution in [2.24, 2.45) is 0 Å². The Morgan fingerprint density at radius 2 is 1.67 bits per heavy atom. The second-order valence-electron chi connectivity index (χ2n) is 8.11. The SMILES string of the molecule is COc1ccc([C@H]2Nc3ccccc3NC3=C2C(=O)C[C@@H](c2cccs2)C3)c(OC)c1OC. The van der Waals surface area contributed by atoms with Crippen molar-refractivity contribution in [3.8, 4) is 17.2 Å². The van der Waals surface area contributed by atoms with Crippen LogP contribution in [0, 0.1) is 0 Å². The van der Waals surface area contributed by atoms with Crippen LogP contribution in [0.5, 0.6) is 17.2 Å². The standard InChI is InChI=1S/C26H26N2O4S/c1-30-21-11-10-16(25(31-2)26(21)32-3)24-23-19(27-17-7-4-5-8-18(17)28-24)13-15(14-20(23)29)22-9-6-12-33-22/h4-12,15,24,27-28H,13-14H2,1-3H3/t15-,24+/m0/s1. The number of thiophene rings is 1. The van der Waals surface area contributed by atoms with E-state index in [1.54, 1.807) is 32.7 Å². The van der Waals surface area contributed by atoms with Crippen molar-refractivity contribution >= 4 is 28.5 Å². The van der Waals surface area contributed by atoms with Crippen molar-refractivity contribution < 1.29 is 19.0 Å². The zero-order valence-electron chi connectivity index (χ0n) is 18.8. The zero-order chi connectivity index (χ0) is 22.9. The molecule has 0 spiro atoms. The van der Waals surface area contributed by atoms with Gasteiger partial charge in [0, 0.05) is 34.0 Å². The monoisotopic (exact) mass is 462 g/mol.